The third kappa shape index (κ3) is 4.33. The van der Waals surface area contributed by atoms with Gasteiger partial charge in [0.15, 0.2) is 11.5 Å². The largest absolute Gasteiger partial charge is 0.504 e. The maximum absolute atomic E-state index is 12.8. The van der Waals surface area contributed by atoms with Crippen LogP contribution in [0, 0.1) is 10.1 Å². The Balaban J connectivity index is 2.70. The molecule has 0 aromatic heterocycles. The number of carbonyl (C=O) groups excluding carboxylic acids is 2. The highest BCUT2D eigenvalue weighted by Crippen LogP contribution is 2.41. The van der Waals surface area contributed by atoms with Crippen molar-refractivity contribution in [1.82, 2.24) is 10.6 Å². The molecule has 1 aliphatic heterocycles. The Morgan fingerprint density at radius 3 is 2.61 bits per heavy atom. The smallest absolute Gasteiger partial charge is 0.338 e. The number of amides is 2. The van der Waals surface area contributed by atoms with Crippen molar-refractivity contribution >= 4 is 17.7 Å². The van der Waals surface area contributed by atoms with E-state index in [0.717, 1.165) is 12.1 Å². The van der Waals surface area contributed by atoms with Gasteiger partial charge in [-0.05, 0) is 20.3 Å². The van der Waals surface area contributed by atoms with Crippen LogP contribution in [0.3, 0.4) is 0 Å². The molecule has 1 atom stereocenters. The number of non-ortho nitro benzene ring substituents is 1. The molecular formula is C18H23N3O7. The lowest BCUT2D eigenvalue weighted by Gasteiger charge is -2.30. The molecule has 1 aliphatic rings. The number of rotatable bonds is 7. The highest BCUT2D eigenvalue weighted by Gasteiger charge is 2.36. The van der Waals surface area contributed by atoms with Crippen molar-refractivity contribution in [3.05, 3.63) is 39.1 Å². The third-order valence-corrected chi connectivity index (χ3v) is 4.05. The van der Waals surface area contributed by atoms with Gasteiger partial charge in [-0.1, -0.05) is 13.3 Å². The molecule has 0 spiro atoms. The first-order chi connectivity index (χ1) is 13.2. The van der Waals surface area contributed by atoms with Gasteiger partial charge in [-0.15, -0.1) is 0 Å². The van der Waals surface area contributed by atoms with Crippen LogP contribution in [0.2, 0.25) is 0 Å². The molecule has 2 rings (SSSR count). The number of carbonyl (C=O) groups is 2. The van der Waals surface area contributed by atoms with Crippen LogP contribution in [0.5, 0.6) is 11.5 Å². The molecule has 1 unspecified atom stereocenters. The summed E-state index contributed by atoms with van der Waals surface area (Å²) in [4.78, 5) is 35.5. The fraction of sp³-hybridized carbons (Fsp3) is 0.444. The number of phenols is 1. The van der Waals surface area contributed by atoms with E-state index in [9.17, 15) is 24.8 Å². The Hall–Kier alpha value is -3.30. The average molecular weight is 393 g/mol. The molecule has 1 aromatic rings. The summed E-state index contributed by atoms with van der Waals surface area (Å²) in [6.07, 6.45) is 0.582. The van der Waals surface area contributed by atoms with E-state index in [-0.39, 0.29) is 22.6 Å². The second-order valence-corrected chi connectivity index (χ2v) is 6.47. The average Bonchev–Trinajstić information content (AvgIpc) is 2.60. The number of nitro benzene ring substituents is 1. The lowest BCUT2D eigenvalue weighted by atomic mass is 9.92. The molecule has 0 fully saturated rings. The molecular weight excluding hydrogens is 370 g/mol. The van der Waals surface area contributed by atoms with Crippen molar-refractivity contribution in [3.8, 4) is 11.5 Å². The number of aromatic hydroxyl groups is 1. The van der Waals surface area contributed by atoms with Gasteiger partial charge in [-0.2, -0.15) is 0 Å². The van der Waals surface area contributed by atoms with Gasteiger partial charge in [-0.25, -0.2) is 9.59 Å². The summed E-state index contributed by atoms with van der Waals surface area (Å²) in [5, 5.41) is 26.9. The van der Waals surface area contributed by atoms with E-state index in [2.05, 4.69) is 10.6 Å². The normalized spacial score (nSPS) is 16.5. The van der Waals surface area contributed by atoms with Gasteiger partial charge >= 0.3 is 12.0 Å². The summed E-state index contributed by atoms with van der Waals surface area (Å²) >= 11 is 0. The second-order valence-electron chi connectivity index (χ2n) is 6.47. The van der Waals surface area contributed by atoms with Crippen LogP contribution in [0.15, 0.2) is 23.4 Å². The van der Waals surface area contributed by atoms with E-state index >= 15 is 0 Å². The summed E-state index contributed by atoms with van der Waals surface area (Å²) < 4.78 is 10.3. The molecule has 2 amide bonds. The summed E-state index contributed by atoms with van der Waals surface area (Å²) in [6.45, 7) is 5.22. The molecule has 10 nitrogen and oxygen atoms in total. The van der Waals surface area contributed by atoms with Gasteiger partial charge in [-0.3, -0.25) is 10.1 Å². The molecule has 0 radical (unpaired) electrons. The van der Waals surface area contributed by atoms with Crippen LogP contribution < -0.4 is 15.4 Å². The van der Waals surface area contributed by atoms with Crippen LogP contribution in [-0.2, 0) is 9.53 Å². The maximum atomic E-state index is 12.8. The molecule has 1 heterocycles. The van der Waals surface area contributed by atoms with E-state index in [1.54, 1.807) is 13.8 Å². The summed E-state index contributed by atoms with van der Waals surface area (Å²) in [7, 11) is 1.25. The van der Waals surface area contributed by atoms with Crippen molar-refractivity contribution in [2.45, 2.75) is 45.8 Å². The Labute approximate surface area is 161 Å². The topological polar surface area (TPSA) is 140 Å². The van der Waals surface area contributed by atoms with Crippen LogP contribution in [0.4, 0.5) is 10.5 Å². The monoisotopic (exact) mass is 393 g/mol. The van der Waals surface area contributed by atoms with E-state index in [1.165, 1.54) is 7.11 Å². The predicted octanol–water partition coefficient (Wildman–Crippen LogP) is 2.67. The minimum absolute atomic E-state index is 0.0368. The van der Waals surface area contributed by atoms with E-state index in [1.807, 2.05) is 6.92 Å². The number of nitrogens with one attached hydrogen (secondary N) is 2. The first-order valence-electron chi connectivity index (χ1n) is 8.76. The number of nitrogens with zero attached hydrogens (tertiary/aromatic N) is 1. The van der Waals surface area contributed by atoms with E-state index in [4.69, 9.17) is 9.47 Å². The van der Waals surface area contributed by atoms with Gasteiger partial charge in [0.25, 0.3) is 5.69 Å². The molecule has 152 valence electrons. The molecule has 0 saturated carbocycles. The number of methoxy groups -OCH3 is 1. The SMILES string of the molecule is CCCC1=C(C(=O)OC(C)C)C(c2cc([N+](=O)[O-])cc(OC)c2O)NC(=O)N1. The molecule has 10 heteroatoms. The zero-order valence-corrected chi connectivity index (χ0v) is 16.1. The summed E-state index contributed by atoms with van der Waals surface area (Å²) in [5.41, 5.74) is 0.0241. The van der Waals surface area contributed by atoms with Crippen molar-refractivity contribution in [2.24, 2.45) is 0 Å². The lowest BCUT2D eigenvalue weighted by molar-refractivity contribution is -0.385. The fourth-order valence-corrected chi connectivity index (χ4v) is 2.91. The number of urea groups is 1. The number of allylic oxidation sites excluding steroid dienone is 1. The molecule has 0 aliphatic carbocycles. The lowest BCUT2D eigenvalue weighted by Crippen LogP contribution is -2.46. The van der Waals surface area contributed by atoms with Crippen molar-refractivity contribution < 1.29 is 29.1 Å². The number of hydrogen-bond acceptors (Lipinski definition) is 7. The minimum Gasteiger partial charge on any atom is -0.504 e. The molecule has 1 aromatic carbocycles. The van der Waals surface area contributed by atoms with Crippen molar-refractivity contribution in [3.63, 3.8) is 0 Å². The number of nitro groups is 1. The molecule has 3 N–H and O–H groups in total. The number of benzene rings is 1. The van der Waals surface area contributed by atoms with E-state index < -0.39 is 34.8 Å². The predicted molar refractivity (Wildman–Crippen MR) is 98.9 cm³/mol. The van der Waals surface area contributed by atoms with Gasteiger partial charge < -0.3 is 25.2 Å². The number of phenolic OH excluding ortho intramolecular Hbond substituents is 1. The third-order valence-electron chi connectivity index (χ3n) is 4.05. The van der Waals surface area contributed by atoms with E-state index in [0.29, 0.717) is 18.5 Å². The Morgan fingerprint density at radius 1 is 1.39 bits per heavy atom. The van der Waals surface area contributed by atoms with Gasteiger partial charge in [0, 0.05) is 17.3 Å². The minimum atomic E-state index is -1.14. The maximum Gasteiger partial charge on any atom is 0.338 e. The fourth-order valence-electron chi connectivity index (χ4n) is 2.91. The number of ether oxygens (including phenoxy) is 2. The zero-order chi connectivity index (χ0) is 21.0. The van der Waals surface area contributed by atoms with Gasteiger partial charge in [0.2, 0.25) is 0 Å². The highest BCUT2D eigenvalue weighted by molar-refractivity contribution is 5.95. The summed E-state index contributed by atoms with van der Waals surface area (Å²) in [6, 6.07) is 0.417. The Morgan fingerprint density at radius 2 is 2.07 bits per heavy atom. The highest BCUT2D eigenvalue weighted by atomic mass is 16.6. The van der Waals surface area contributed by atoms with Gasteiger partial charge in [0.1, 0.15) is 0 Å². The first kappa shape index (κ1) is 21.0. The second kappa shape index (κ2) is 8.59. The summed E-state index contributed by atoms with van der Waals surface area (Å²) in [5.74, 6) is -1.25. The Bertz CT molecular complexity index is 833. The first-order valence-corrected chi connectivity index (χ1v) is 8.76. The van der Waals surface area contributed by atoms with Crippen LogP contribution in [0.25, 0.3) is 0 Å². The quantitative estimate of drug-likeness (QED) is 0.367. The molecule has 0 saturated heterocycles. The number of hydrogen-bond donors (Lipinski definition) is 3. The molecule has 28 heavy (non-hydrogen) atoms. The number of esters is 1. The van der Waals surface area contributed by atoms with Gasteiger partial charge in [0.05, 0.1) is 35.8 Å². The standard InChI is InChI=1S/C18H23N3O7/c1-5-6-12-14(17(23)28-9(2)3)15(20-18(24)19-12)11-7-10(21(25)26)8-13(27-4)16(11)22/h7-9,15,22H,5-6H2,1-4H3,(H2,19,20,24). The van der Waals surface area contributed by atoms with Crippen LogP contribution in [-0.4, -0.2) is 35.2 Å². The molecule has 0 bridgehead atoms. The zero-order valence-electron chi connectivity index (χ0n) is 16.1. The van der Waals surface area contributed by atoms with Crippen LogP contribution in [0.1, 0.15) is 45.2 Å². The van der Waals surface area contributed by atoms with Crippen LogP contribution >= 0.6 is 0 Å². The Kier molecular flexibility index (Phi) is 6.45. The van der Waals surface area contributed by atoms with Crippen molar-refractivity contribution in [1.29, 1.82) is 0 Å². The van der Waals surface area contributed by atoms with Crippen molar-refractivity contribution in [2.75, 3.05) is 7.11 Å².